The third-order valence-corrected chi connectivity index (χ3v) is 7.22. The van der Waals surface area contributed by atoms with Gasteiger partial charge in [0.05, 0.1) is 6.54 Å². The van der Waals surface area contributed by atoms with Gasteiger partial charge in [0.1, 0.15) is 10.7 Å². The number of halogens is 1. The lowest BCUT2D eigenvalue weighted by atomic mass is 10.1. The van der Waals surface area contributed by atoms with Crippen molar-refractivity contribution in [2.45, 2.75) is 26.1 Å². The number of amides is 1. The number of aromatic nitrogens is 2. The number of H-pyrrole nitrogens is 1. The second-order valence-corrected chi connectivity index (χ2v) is 10.1. The second kappa shape index (κ2) is 11.5. The average molecular weight is 515 g/mol. The van der Waals surface area contributed by atoms with Crippen LogP contribution in [0.5, 0.6) is 0 Å². The van der Waals surface area contributed by atoms with E-state index in [0.717, 1.165) is 40.6 Å². The lowest BCUT2D eigenvalue weighted by molar-refractivity contribution is 0.0946. The Balaban J connectivity index is 1.26. The zero-order chi connectivity index (χ0) is 24.7. The van der Waals surface area contributed by atoms with Crippen molar-refractivity contribution in [1.82, 2.24) is 20.2 Å². The molecule has 182 valence electrons. The molecule has 3 aromatic carbocycles. The van der Waals surface area contributed by atoms with E-state index in [1.165, 1.54) is 27.8 Å². The van der Waals surface area contributed by atoms with Crippen LogP contribution in [0.2, 0.25) is 5.02 Å². The zero-order valence-corrected chi connectivity index (χ0v) is 21.4. The van der Waals surface area contributed by atoms with Gasteiger partial charge in [0.2, 0.25) is 0 Å². The molecule has 2 N–H and O–H groups in total. The van der Waals surface area contributed by atoms with Crippen molar-refractivity contribution < 1.29 is 4.79 Å². The minimum Gasteiger partial charge on any atom is -0.361 e. The van der Waals surface area contributed by atoms with Crippen molar-refractivity contribution in [2.75, 3.05) is 6.54 Å². The highest BCUT2D eigenvalue weighted by Gasteiger charge is 2.15. The molecule has 0 unspecified atom stereocenters. The fraction of sp³-hybridized carbons (Fsp3) is 0.172. The molecule has 0 fully saturated rings. The number of carbonyl (C=O) groups excluding carboxylic acids is 1. The van der Waals surface area contributed by atoms with Crippen LogP contribution < -0.4 is 5.32 Å². The highest BCUT2D eigenvalue weighted by atomic mass is 35.5. The summed E-state index contributed by atoms with van der Waals surface area (Å²) in [6.07, 6.45) is 3.01. The highest BCUT2D eigenvalue weighted by Crippen LogP contribution is 2.21. The molecule has 0 aliphatic rings. The second-order valence-electron chi connectivity index (χ2n) is 8.74. The summed E-state index contributed by atoms with van der Waals surface area (Å²) in [5.74, 6) is -0.149. The van der Waals surface area contributed by atoms with Crippen LogP contribution in [0.15, 0.2) is 90.4 Å². The molecule has 0 radical (unpaired) electrons. The van der Waals surface area contributed by atoms with Gasteiger partial charge in [0.15, 0.2) is 0 Å². The van der Waals surface area contributed by atoms with Crippen LogP contribution in [0.4, 0.5) is 0 Å². The first-order chi connectivity index (χ1) is 17.6. The summed E-state index contributed by atoms with van der Waals surface area (Å²) in [6.45, 7) is 2.79. The van der Waals surface area contributed by atoms with E-state index in [1.807, 2.05) is 53.9 Å². The minimum absolute atomic E-state index is 0.149. The van der Waals surface area contributed by atoms with Crippen molar-refractivity contribution in [2.24, 2.45) is 0 Å². The number of hydrogen-bond donors (Lipinski definition) is 2. The molecule has 0 atom stereocenters. The van der Waals surface area contributed by atoms with Crippen molar-refractivity contribution in [3.05, 3.63) is 123 Å². The third-order valence-electron chi connectivity index (χ3n) is 6.13. The first kappa shape index (κ1) is 24.3. The third kappa shape index (κ3) is 6.21. The number of rotatable bonds is 10. The molecule has 0 bridgehead atoms. The summed E-state index contributed by atoms with van der Waals surface area (Å²) in [4.78, 5) is 23.0. The van der Waals surface area contributed by atoms with Gasteiger partial charge in [-0.1, -0.05) is 72.3 Å². The number of benzene rings is 3. The summed E-state index contributed by atoms with van der Waals surface area (Å²) in [6, 6.07) is 26.2. The first-order valence-corrected chi connectivity index (χ1v) is 13.2. The predicted octanol–water partition coefficient (Wildman–Crippen LogP) is 6.45. The Bertz CT molecular complexity index is 1430. The molecule has 1 amide bonds. The molecule has 2 heterocycles. The van der Waals surface area contributed by atoms with Gasteiger partial charge in [-0.2, -0.15) is 0 Å². The standard InChI is InChI=1S/C29H27ClN4OS/c30-24-12-10-22(11-13-24)18-34(15-14-23-17-31-26-9-5-4-8-25(23)26)19-28-33-27(20-36-28)29(35)32-16-21-6-2-1-3-7-21/h1-13,17,20,31H,14-16,18-19H2,(H,32,35). The Morgan fingerprint density at radius 1 is 0.944 bits per heavy atom. The number of carbonyl (C=O) groups is 1. The average Bonchev–Trinajstić information content (AvgIpc) is 3.55. The van der Waals surface area contributed by atoms with Crippen LogP contribution in [0.25, 0.3) is 10.9 Å². The molecule has 5 rings (SSSR count). The van der Waals surface area contributed by atoms with Crippen LogP contribution in [-0.2, 0) is 26.1 Å². The van der Waals surface area contributed by atoms with Gasteiger partial charge in [-0.25, -0.2) is 4.98 Å². The molecular weight excluding hydrogens is 488 g/mol. The quantitative estimate of drug-likeness (QED) is 0.225. The normalized spacial score (nSPS) is 11.3. The summed E-state index contributed by atoms with van der Waals surface area (Å²) in [5.41, 5.74) is 5.17. The van der Waals surface area contributed by atoms with E-state index >= 15 is 0 Å². The fourth-order valence-electron chi connectivity index (χ4n) is 4.23. The Morgan fingerprint density at radius 2 is 1.72 bits per heavy atom. The lowest BCUT2D eigenvalue weighted by Gasteiger charge is -2.21. The number of nitrogens with one attached hydrogen (secondary N) is 2. The van der Waals surface area contributed by atoms with Gasteiger partial charge in [-0.3, -0.25) is 9.69 Å². The van der Waals surface area contributed by atoms with E-state index in [1.54, 1.807) is 0 Å². The molecule has 0 aliphatic heterocycles. The van der Waals surface area contributed by atoms with Gasteiger partial charge in [0, 0.05) is 47.1 Å². The van der Waals surface area contributed by atoms with E-state index in [9.17, 15) is 4.79 Å². The Kier molecular flexibility index (Phi) is 7.76. The predicted molar refractivity (Wildman–Crippen MR) is 147 cm³/mol. The van der Waals surface area contributed by atoms with Crippen LogP contribution in [-0.4, -0.2) is 27.3 Å². The Labute approximate surface area is 219 Å². The van der Waals surface area contributed by atoms with Gasteiger partial charge < -0.3 is 10.3 Å². The SMILES string of the molecule is O=C(NCc1ccccc1)c1csc(CN(CCc2c[nH]c3ccccc23)Cc2ccc(Cl)cc2)n1. The van der Waals surface area contributed by atoms with Crippen molar-refractivity contribution in [1.29, 1.82) is 0 Å². The van der Waals surface area contributed by atoms with Crippen molar-refractivity contribution >= 4 is 39.7 Å². The van der Waals surface area contributed by atoms with E-state index in [4.69, 9.17) is 11.6 Å². The Hall–Kier alpha value is -3.45. The smallest absolute Gasteiger partial charge is 0.271 e. The molecule has 36 heavy (non-hydrogen) atoms. The number of nitrogens with zero attached hydrogens (tertiary/aromatic N) is 2. The summed E-state index contributed by atoms with van der Waals surface area (Å²) in [5, 5.41) is 7.72. The van der Waals surface area contributed by atoms with E-state index in [-0.39, 0.29) is 5.91 Å². The van der Waals surface area contributed by atoms with Crippen LogP contribution in [0.3, 0.4) is 0 Å². The van der Waals surface area contributed by atoms with Gasteiger partial charge in [-0.05, 0) is 41.3 Å². The topological polar surface area (TPSA) is 61.0 Å². The maximum atomic E-state index is 12.6. The molecule has 7 heteroatoms. The lowest BCUT2D eigenvalue weighted by Crippen LogP contribution is -2.26. The number of aromatic amines is 1. The fourth-order valence-corrected chi connectivity index (χ4v) is 5.17. The number of para-hydroxylation sites is 1. The summed E-state index contributed by atoms with van der Waals surface area (Å²) >= 11 is 7.62. The highest BCUT2D eigenvalue weighted by molar-refractivity contribution is 7.09. The summed E-state index contributed by atoms with van der Waals surface area (Å²) in [7, 11) is 0. The molecular formula is C29H27ClN4OS. The summed E-state index contributed by atoms with van der Waals surface area (Å²) < 4.78 is 0. The molecule has 5 aromatic rings. The van der Waals surface area contributed by atoms with Crippen molar-refractivity contribution in [3.8, 4) is 0 Å². The maximum absolute atomic E-state index is 12.6. The largest absolute Gasteiger partial charge is 0.361 e. The zero-order valence-electron chi connectivity index (χ0n) is 19.8. The monoisotopic (exact) mass is 514 g/mol. The number of hydrogen-bond acceptors (Lipinski definition) is 4. The molecule has 0 aliphatic carbocycles. The molecule has 0 saturated heterocycles. The van der Waals surface area contributed by atoms with E-state index in [0.29, 0.717) is 18.8 Å². The van der Waals surface area contributed by atoms with Gasteiger partial charge in [0.25, 0.3) is 5.91 Å². The first-order valence-electron chi connectivity index (χ1n) is 11.9. The van der Waals surface area contributed by atoms with Crippen LogP contribution in [0.1, 0.15) is 32.2 Å². The van der Waals surface area contributed by atoms with Crippen LogP contribution >= 0.6 is 22.9 Å². The number of thiazole rings is 1. The maximum Gasteiger partial charge on any atom is 0.271 e. The Morgan fingerprint density at radius 3 is 2.56 bits per heavy atom. The molecule has 0 saturated carbocycles. The number of fused-ring (bicyclic) bond motifs is 1. The van der Waals surface area contributed by atoms with E-state index in [2.05, 4.69) is 56.7 Å². The van der Waals surface area contributed by atoms with Gasteiger partial charge in [-0.15, -0.1) is 11.3 Å². The molecule has 5 nitrogen and oxygen atoms in total. The van der Waals surface area contributed by atoms with Crippen molar-refractivity contribution in [3.63, 3.8) is 0 Å². The van der Waals surface area contributed by atoms with Gasteiger partial charge >= 0.3 is 0 Å². The van der Waals surface area contributed by atoms with Crippen LogP contribution in [0, 0.1) is 0 Å². The minimum atomic E-state index is -0.149. The van der Waals surface area contributed by atoms with E-state index < -0.39 is 0 Å². The molecule has 2 aromatic heterocycles. The molecule has 0 spiro atoms.